The van der Waals surface area contributed by atoms with Crippen LogP contribution >= 0.6 is 23.1 Å². The van der Waals surface area contributed by atoms with Crippen molar-refractivity contribution in [3.05, 3.63) is 51.4 Å². The number of nitrogens with zero attached hydrogens (tertiary/aromatic N) is 4. The number of rotatable bonds is 5. The molecule has 0 bridgehead atoms. The van der Waals surface area contributed by atoms with Gasteiger partial charge in [0.15, 0.2) is 0 Å². The van der Waals surface area contributed by atoms with Gasteiger partial charge < -0.3 is 9.32 Å². The lowest BCUT2D eigenvalue weighted by molar-refractivity contribution is -0.384. The smallest absolute Gasteiger partial charge is 0.277 e. The fourth-order valence-corrected chi connectivity index (χ4v) is 4.21. The Hall–Kier alpha value is -2.72. The number of nitro benzene ring substituents is 1. The first kappa shape index (κ1) is 17.7. The van der Waals surface area contributed by atoms with E-state index in [1.165, 1.54) is 29.2 Å². The number of aryl methyl sites for hydroxylation is 1. The predicted octanol–water partition coefficient (Wildman–Crippen LogP) is 3.78. The number of hydrogen-bond donors (Lipinski definition) is 0. The zero-order chi connectivity index (χ0) is 18.8. The Labute approximate surface area is 162 Å². The number of amides is 1. The number of non-ortho nitro benzene ring substituents is 1. The highest BCUT2D eigenvalue weighted by Gasteiger charge is 2.25. The van der Waals surface area contributed by atoms with Gasteiger partial charge in [0.2, 0.25) is 5.91 Å². The van der Waals surface area contributed by atoms with Crippen molar-refractivity contribution in [2.75, 3.05) is 17.2 Å². The molecule has 1 aromatic carbocycles. The second-order valence-electron chi connectivity index (χ2n) is 5.86. The molecule has 10 heteroatoms. The Balaban J connectivity index is 1.44. The molecule has 0 saturated carbocycles. The summed E-state index contributed by atoms with van der Waals surface area (Å²) in [6.07, 6.45) is 1.50. The Morgan fingerprint density at radius 1 is 1.37 bits per heavy atom. The van der Waals surface area contributed by atoms with Crippen LogP contribution in [0.1, 0.15) is 12.0 Å². The van der Waals surface area contributed by atoms with Crippen LogP contribution in [0.3, 0.4) is 0 Å². The van der Waals surface area contributed by atoms with Gasteiger partial charge in [-0.05, 0) is 35.9 Å². The molecule has 4 rings (SSSR count). The molecule has 3 heterocycles. The van der Waals surface area contributed by atoms with Gasteiger partial charge in [0.1, 0.15) is 0 Å². The van der Waals surface area contributed by atoms with Gasteiger partial charge in [-0.1, -0.05) is 17.8 Å². The first-order valence-electron chi connectivity index (χ1n) is 8.19. The number of aromatic nitrogens is 2. The summed E-state index contributed by atoms with van der Waals surface area (Å²) in [6.45, 7) is 0.592. The van der Waals surface area contributed by atoms with E-state index < -0.39 is 4.92 Å². The van der Waals surface area contributed by atoms with Crippen molar-refractivity contribution >= 4 is 40.4 Å². The van der Waals surface area contributed by atoms with Crippen LogP contribution in [0.5, 0.6) is 0 Å². The highest BCUT2D eigenvalue weighted by molar-refractivity contribution is 7.99. The lowest BCUT2D eigenvalue weighted by atomic mass is 10.0. The Morgan fingerprint density at radius 3 is 3.04 bits per heavy atom. The number of benzene rings is 1. The summed E-state index contributed by atoms with van der Waals surface area (Å²) in [6, 6.07) is 8.42. The zero-order valence-electron chi connectivity index (χ0n) is 14.0. The van der Waals surface area contributed by atoms with Crippen molar-refractivity contribution in [2.24, 2.45) is 0 Å². The summed E-state index contributed by atoms with van der Waals surface area (Å²) in [7, 11) is 0. The molecule has 0 radical (unpaired) electrons. The molecule has 0 atom stereocenters. The van der Waals surface area contributed by atoms with Crippen molar-refractivity contribution in [2.45, 2.75) is 18.1 Å². The van der Waals surface area contributed by atoms with Gasteiger partial charge in [-0.25, -0.2) is 0 Å². The molecule has 0 saturated heterocycles. The number of carbonyl (C=O) groups excluding carboxylic acids is 1. The van der Waals surface area contributed by atoms with Gasteiger partial charge >= 0.3 is 0 Å². The van der Waals surface area contributed by atoms with Crippen molar-refractivity contribution in [3.8, 4) is 10.8 Å². The maximum Gasteiger partial charge on any atom is 0.277 e. The van der Waals surface area contributed by atoms with Gasteiger partial charge in [0, 0.05) is 24.4 Å². The average Bonchev–Trinajstić information content (AvgIpc) is 3.36. The largest absolute Gasteiger partial charge is 0.410 e. The van der Waals surface area contributed by atoms with Crippen LogP contribution in [0, 0.1) is 10.1 Å². The quantitative estimate of drug-likeness (QED) is 0.363. The summed E-state index contributed by atoms with van der Waals surface area (Å²) in [5.41, 5.74) is 1.61. The average molecular weight is 402 g/mol. The summed E-state index contributed by atoms with van der Waals surface area (Å²) >= 11 is 2.69. The fourth-order valence-electron chi connectivity index (χ4n) is 2.93. The van der Waals surface area contributed by atoms with Gasteiger partial charge in [-0.15, -0.1) is 21.5 Å². The van der Waals surface area contributed by atoms with E-state index in [-0.39, 0.29) is 17.3 Å². The minimum Gasteiger partial charge on any atom is -0.410 e. The summed E-state index contributed by atoms with van der Waals surface area (Å²) in [5.74, 6) is 0.504. The van der Waals surface area contributed by atoms with Crippen LogP contribution in [-0.2, 0) is 11.2 Å². The van der Waals surface area contributed by atoms with Crippen molar-refractivity contribution in [3.63, 3.8) is 0 Å². The van der Waals surface area contributed by atoms with Crippen molar-refractivity contribution in [1.82, 2.24) is 10.2 Å². The second kappa shape index (κ2) is 7.49. The molecule has 0 aliphatic carbocycles. The van der Waals surface area contributed by atoms with E-state index in [9.17, 15) is 14.9 Å². The third-order valence-corrected chi connectivity index (χ3v) is 5.81. The van der Waals surface area contributed by atoms with Gasteiger partial charge in [0.05, 0.1) is 15.6 Å². The fraction of sp³-hybridized carbons (Fsp3) is 0.235. The van der Waals surface area contributed by atoms with E-state index in [0.29, 0.717) is 17.7 Å². The summed E-state index contributed by atoms with van der Waals surface area (Å²) < 4.78 is 5.58. The standard InChI is InChI=1S/C17H14N4O4S2/c22-15(10-27-17-19-18-16(25-17)14-4-2-8-26-14)20-7-1-3-11-9-12(21(23)24)5-6-13(11)20/h2,4-6,8-9H,1,3,7,10H2. The predicted molar refractivity (Wildman–Crippen MR) is 102 cm³/mol. The van der Waals surface area contributed by atoms with Crippen LogP contribution in [0.2, 0.25) is 0 Å². The van der Waals surface area contributed by atoms with Crippen LogP contribution in [0.25, 0.3) is 10.8 Å². The molecule has 1 aliphatic heterocycles. The van der Waals surface area contributed by atoms with Gasteiger partial charge in [-0.2, -0.15) is 0 Å². The van der Waals surface area contributed by atoms with Crippen LogP contribution in [0.15, 0.2) is 45.4 Å². The molecule has 0 N–H and O–H groups in total. The molecule has 27 heavy (non-hydrogen) atoms. The number of thiophene rings is 1. The van der Waals surface area contributed by atoms with E-state index >= 15 is 0 Å². The molecule has 8 nitrogen and oxygen atoms in total. The maximum atomic E-state index is 12.7. The molecule has 3 aromatic rings. The molecule has 1 aliphatic rings. The topological polar surface area (TPSA) is 102 Å². The number of thioether (sulfide) groups is 1. The van der Waals surface area contributed by atoms with Crippen LogP contribution in [-0.4, -0.2) is 33.3 Å². The first-order valence-corrected chi connectivity index (χ1v) is 10.1. The maximum absolute atomic E-state index is 12.7. The van der Waals surface area contributed by atoms with Crippen LogP contribution < -0.4 is 4.90 Å². The SMILES string of the molecule is O=C(CSc1nnc(-c2cccs2)o1)N1CCCc2cc([N+](=O)[O-])ccc21. The lowest BCUT2D eigenvalue weighted by Crippen LogP contribution is -2.36. The van der Waals surface area contributed by atoms with E-state index in [2.05, 4.69) is 10.2 Å². The minimum atomic E-state index is -0.419. The molecule has 0 spiro atoms. The molecular weight excluding hydrogens is 388 g/mol. The second-order valence-corrected chi connectivity index (χ2v) is 7.73. The Morgan fingerprint density at radius 2 is 2.26 bits per heavy atom. The minimum absolute atomic E-state index is 0.0457. The third-order valence-electron chi connectivity index (χ3n) is 4.15. The molecule has 1 amide bonds. The molecular formula is C17H14N4O4S2. The lowest BCUT2D eigenvalue weighted by Gasteiger charge is -2.29. The zero-order valence-corrected chi connectivity index (χ0v) is 15.7. The van der Waals surface area contributed by atoms with Crippen LogP contribution in [0.4, 0.5) is 11.4 Å². The van der Waals surface area contributed by atoms with Gasteiger partial charge in [-0.3, -0.25) is 14.9 Å². The number of carbonyl (C=O) groups is 1. The van der Waals surface area contributed by atoms with E-state index in [4.69, 9.17) is 4.42 Å². The molecule has 0 fully saturated rings. The number of nitro groups is 1. The normalized spacial score (nSPS) is 13.4. The van der Waals surface area contributed by atoms with Crippen molar-refractivity contribution < 1.29 is 14.1 Å². The number of anilines is 1. The van der Waals surface area contributed by atoms with E-state index in [1.54, 1.807) is 17.0 Å². The summed E-state index contributed by atoms with van der Waals surface area (Å²) in [5, 5.41) is 21.2. The Kier molecular flexibility index (Phi) is 4.90. The third kappa shape index (κ3) is 3.71. The molecule has 2 aromatic heterocycles. The number of fused-ring (bicyclic) bond motifs is 1. The summed E-state index contributed by atoms with van der Waals surface area (Å²) in [4.78, 5) is 25.8. The first-order chi connectivity index (χ1) is 13.1. The molecule has 138 valence electrons. The number of hydrogen-bond acceptors (Lipinski definition) is 8. The van der Waals surface area contributed by atoms with Crippen molar-refractivity contribution in [1.29, 1.82) is 0 Å². The Bertz CT molecular complexity index is 987. The monoisotopic (exact) mass is 402 g/mol. The highest BCUT2D eigenvalue weighted by Crippen LogP contribution is 2.32. The van der Waals surface area contributed by atoms with E-state index in [0.717, 1.165) is 29.0 Å². The molecule has 0 unspecified atom stereocenters. The van der Waals surface area contributed by atoms with E-state index in [1.807, 2.05) is 17.5 Å². The van der Waals surface area contributed by atoms with Gasteiger partial charge in [0.25, 0.3) is 16.8 Å². The highest BCUT2D eigenvalue weighted by atomic mass is 32.2.